The average Bonchev–Trinajstić information content (AvgIpc) is 2.75. The monoisotopic (exact) mass is 474 g/mol. The van der Waals surface area contributed by atoms with E-state index in [1.54, 1.807) is 12.1 Å². The number of hydrogen-bond donors (Lipinski definition) is 1. The van der Waals surface area contributed by atoms with Gasteiger partial charge in [-0.1, -0.05) is 65.2 Å². The number of benzene rings is 3. The maximum Gasteiger partial charge on any atom is 0.243 e. The number of halogens is 2. The summed E-state index contributed by atoms with van der Waals surface area (Å²) in [5.41, 5.74) is 2.88. The molecule has 0 aliphatic rings. The van der Waals surface area contributed by atoms with E-state index in [-0.39, 0.29) is 28.6 Å². The highest BCUT2D eigenvalue weighted by atomic mass is 35.5. The predicted octanol–water partition coefficient (Wildman–Crippen LogP) is 4.60. The second-order valence-electron chi connectivity index (χ2n) is 7.55. The number of rotatable bonds is 8. The molecule has 0 unspecified atom stereocenters. The molecule has 0 aliphatic carbocycles. The molecule has 3 rings (SSSR count). The van der Waals surface area contributed by atoms with Gasteiger partial charge >= 0.3 is 0 Å². The maximum absolute atomic E-state index is 14.4. The molecule has 0 aromatic heterocycles. The number of hydrogen-bond acceptors (Lipinski definition) is 3. The Morgan fingerprint density at radius 2 is 1.56 bits per heavy atom. The Morgan fingerprint density at radius 3 is 2.16 bits per heavy atom. The summed E-state index contributed by atoms with van der Waals surface area (Å²) in [7, 11) is -4.09. The molecule has 168 valence electrons. The molecule has 0 radical (unpaired) electrons. The summed E-state index contributed by atoms with van der Waals surface area (Å²) in [6.07, 6.45) is 0. The Morgan fingerprint density at radius 1 is 0.969 bits per heavy atom. The van der Waals surface area contributed by atoms with Crippen molar-refractivity contribution in [2.75, 3.05) is 6.54 Å². The van der Waals surface area contributed by atoms with E-state index in [4.69, 9.17) is 11.6 Å². The minimum absolute atomic E-state index is 0.0104. The molecule has 0 saturated heterocycles. The van der Waals surface area contributed by atoms with Gasteiger partial charge in [0.15, 0.2) is 0 Å². The molecule has 5 nitrogen and oxygen atoms in total. The molecular weight excluding hydrogens is 451 g/mol. The van der Waals surface area contributed by atoms with Crippen molar-refractivity contribution < 1.29 is 17.6 Å². The van der Waals surface area contributed by atoms with Gasteiger partial charge in [-0.2, -0.15) is 4.31 Å². The van der Waals surface area contributed by atoms with E-state index in [2.05, 4.69) is 5.32 Å². The van der Waals surface area contributed by atoms with Gasteiger partial charge in [-0.05, 0) is 43.7 Å². The van der Waals surface area contributed by atoms with E-state index < -0.39 is 28.3 Å². The zero-order valence-electron chi connectivity index (χ0n) is 17.8. The number of carbonyl (C=O) groups excluding carboxylic acids is 1. The number of aryl methyl sites for hydroxylation is 2. The van der Waals surface area contributed by atoms with Crippen LogP contribution in [0.3, 0.4) is 0 Å². The van der Waals surface area contributed by atoms with Crippen LogP contribution in [0.5, 0.6) is 0 Å². The first-order valence-corrected chi connectivity index (χ1v) is 11.8. The van der Waals surface area contributed by atoms with Crippen LogP contribution in [0.15, 0.2) is 71.6 Å². The van der Waals surface area contributed by atoms with Crippen LogP contribution in [0.2, 0.25) is 5.02 Å². The quantitative estimate of drug-likeness (QED) is 0.518. The lowest BCUT2D eigenvalue weighted by atomic mass is 10.1. The van der Waals surface area contributed by atoms with Crippen molar-refractivity contribution in [3.63, 3.8) is 0 Å². The molecule has 0 fully saturated rings. The van der Waals surface area contributed by atoms with Crippen LogP contribution < -0.4 is 5.32 Å². The molecule has 32 heavy (non-hydrogen) atoms. The third-order valence-electron chi connectivity index (χ3n) is 4.99. The predicted molar refractivity (Wildman–Crippen MR) is 123 cm³/mol. The summed E-state index contributed by atoms with van der Waals surface area (Å²) in [5, 5.41) is 2.82. The van der Waals surface area contributed by atoms with E-state index >= 15 is 0 Å². The van der Waals surface area contributed by atoms with Gasteiger partial charge in [0, 0.05) is 23.7 Å². The Balaban J connectivity index is 1.85. The van der Waals surface area contributed by atoms with Gasteiger partial charge in [0.05, 0.1) is 11.4 Å². The van der Waals surface area contributed by atoms with Gasteiger partial charge in [-0.3, -0.25) is 4.79 Å². The zero-order valence-corrected chi connectivity index (χ0v) is 19.4. The third-order valence-corrected chi connectivity index (χ3v) is 7.15. The normalized spacial score (nSPS) is 11.5. The van der Waals surface area contributed by atoms with Gasteiger partial charge in [0.1, 0.15) is 5.82 Å². The molecule has 0 atom stereocenters. The molecular formula is C24H24ClFN2O3S. The van der Waals surface area contributed by atoms with E-state index in [1.165, 1.54) is 30.3 Å². The third kappa shape index (κ3) is 5.94. The summed E-state index contributed by atoms with van der Waals surface area (Å²) < 4.78 is 41.9. The SMILES string of the molecule is Cc1ccc(CNC(=O)CN(Cc2c(F)cccc2Cl)S(=O)(=O)c2ccc(C)cc2)cc1. The summed E-state index contributed by atoms with van der Waals surface area (Å²) in [6.45, 7) is 3.19. The molecule has 1 N–H and O–H groups in total. The van der Waals surface area contributed by atoms with E-state index in [9.17, 15) is 17.6 Å². The van der Waals surface area contributed by atoms with E-state index in [0.717, 1.165) is 21.0 Å². The molecule has 0 spiro atoms. The second-order valence-corrected chi connectivity index (χ2v) is 9.89. The molecule has 0 bridgehead atoms. The lowest BCUT2D eigenvalue weighted by Gasteiger charge is -2.23. The fraction of sp³-hybridized carbons (Fsp3) is 0.208. The second kappa shape index (κ2) is 10.3. The van der Waals surface area contributed by atoms with Crippen molar-refractivity contribution in [1.82, 2.24) is 9.62 Å². The summed E-state index contributed by atoms with van der Waals surface area (Å²) in [6, 6.07) is 18.0. The largest absolute Gasteiger partial charge is 0.351 e. The molecule has 1 amide bonds. The van der Waals surface area contributed by atoms with Crippen molar-refractivity contribution in [3.05, 3.63) is 99.8 Å². The van der Waals surface area contributed by atoms with E-state index in [0.29, 0.717) is 0 Å². The van der Waals surface area contributed by atoms with Crippen molar-refractivity contribution in [2.24, 2.45) is 0 Å². The first kappa shape index (κ1) is 23.9. The number of nitrogens with zero attached hydrogens (tertiary/aromatic N) is 1. The molecule has 3 aromatic rings. The number of amides is 1. The number of sulfonamides is 1. The lowest BCUT2D eigenvalue weighted by molar-refractivity contribution is -0.121. The summed E-state index contributed by atoms with van der Waals surface area (Å²) >= 11 is 6.12. The molecule has 0 saturated carbocycles. The highest BCUT2D eigenvalue weighted by Crippen LogP contribution is 2.24. The van der Waals surface area contributed by atoms with Crippen molar-refractivity contribution in [2.45, 2.75) is 31.8 Å². The first-order chi connectivity index (χ1) is 15.2. The van der Waals surface area contributed by atoms with Gasteiger partial charge in [-0.25, -0.2) is 12.8 Å². The van der Waals surface area contributed by atoms with Crippen LogP contribution in [0.1, 0.15) is 22.3 Å². The topological polar surface area (TPSA) is 66.5 Å². The number of carbonyl (C=O) groups is 1. The highest BCUT2D eigenvalue weighted by molar-refractivity contribution is 7.89. The molecule has 0 aliphatic heterocycles. The Hall–Kier alpha value is -2.74. The Labute approximate surface area is 192 Å². The van der Waals surface area contributed by atoms with Crippen molar-refractivity contribution in [1.29, 1.82) is 0 Å². The van der Waals surface area contributed by atoms with Gasteiger partial charge in [0.2, 0.25) is 15.9 Å². The summed E-state index contributed by atoms with van der Waals surface area (Å²) in [5.74, 6) is -1.14. The van der Waals surface area contributed by atoms with Gasteiger partial charge in [0.25, 0.3) is 0 Å². The fourth-order valence-electron chi connectivity index (χ4n) is 3.07. The smallest absolute Gasteiger partial charge is 0.243 e. The molecule has 8 heteroatoms. The Kier molecular flexibility index (Phi) is 7.66. The number of nitrogens with one attached hydrogen (secondary N) is 1. The standard InChI is InChI=1S/C24H24ClFN2O3S/c1-17-6-10-19(11-7-17)14-27-24(29)16-28(15-21-22(25)4-3-5-23(21)26)32(30,31)20-12-8-18(2)9-13-20/h3-13H,14-16H2,1-2H3,(H,27,29). The van der Waals surface area contributed by atoms with E-state index in [1.807, 2.05) is 38.1 Å². The Bertz CT molecular complexity index is 1180. The first-order valence-electron chi connectivity index (χ1n) is 9.99. The highest BCUT2D eigenvalue weighted by Gasteiger charge is 2.28. The van der Waals surface area contributed by atoms with Crippen LogP contribution >= 0.6 is 11.6 Å². The van der Waals surface area contributed by atoms with Crippen molar-refractivity contribution in [3.8, 4) is 0 Å². The molecule has 0 heterocycles. The zero-order chi connectivity index (χ0) is 23.3. The minimum Gasteiger partial charge on any atom is -0.351 e. The average molecular weight is 475 g/mol. The maximum atomic E-state index is 14.4. The fourth-order valence-corrected chi connectivity index (χ4v) is 4.65. The van der Waals surface area contributed by atoms with Crippen LogP contribution in [0, 0.1) is 19.7 Å². The van der Waals surface area contributed by atoms with Crippen LogP contribution in [-0.2, 0) is 27.9 Å². The minimum atomic E-state index is -4.09. The lowest BCUT2D eigenvalue weighted by Crippen LogP contribution is -2.40. The van der Waals surface area contributed by atoms with Crippen LogP contribution in [-0.4, -0.2) is 25.2 Å². The van der Waals surface area contributed by atoms with Gasteiger partial charge in [-0.15, -0.1) is 0 Å². The molecule has 3 aromatic carbocycles. The van der Waals surface area contributed by atoms with Gasteiger partial charge < -0.3 is 5.32 Å². The van der Waals surface area contributed by atoms with Crippen LogP contribution in [0.25, 0.3) is 0 Å². The van der Waals surface area contributed by atoms with Crippen molar-refractivity contribution >= 4 is 27.5 Å². The summed E-state index contributed by atoms with van der Waals surface area (Å²) in [4.78, 5) is 12.7. The van der Waals surface area contributed by atoms with Crippen LogP contribution in [0.4, 0.5) is 4.39 Å².